The first-order valence-electron chi connectivity index (χ1n) is 7.90. The molecule has 0 saturated carbocycles. The molecule has 0 aliphatic carbocycles. The predicted octanol–water partition coefficient (Wildman–Crippen LogP) is 3.70. The molecule has 0 saturated heterocycles. The van der Waals surface area contributed by atoms with Gasteiger partial charge in [0.25, 0.3) is 5.91 Å². The Kier molecular flexibility index (Phi) is 3.61. The summed E-state index contributed by atoms with van der Waals surface area (Å²) in [5, 5.41) is 3.86. The van der Waals surface area contributed by atoms with Gasteiger partial charge in [0.1, 0.15) is 18.8 Å². The Labute approximate surface area is 139 Å². The Morgan fingerprint density at radius 2 is 1.83 bits per heavy atom. The molecule has 24 heavy (non-hydrogen) atoms. The van der Waals surface area contributed by atoms with E-state index in [1.54, 1.807) is 6.07 Å². The predicted molar refractivity (Wildman–Crippen MR) is 89.5 cm³/mol. The van der Waals surface area contributed by atoms with Gasteiger partial charge in [0.2, 0.25) is 0 Å². The number of hydrogen-bond acceptors (Lipinski definition) is 4. The number of amides is 1. The maximum absolute atomic E-state index is 12.4. The number of rotatable bonds is 3. The van der Waals surface area contributed by atoms with Crippen LogP contribution in [0.1, 0.15) is 29.1 Å². The van der Waals surface area contributed by atoms with Crippen LogP contribution in [0.25, 0.3) is 11.0 Å². The smallest absolute Gasteiger partial charge is 0.287 e. The van der Waals surface area contributed by atoms with Crippen LogP contribution in [0.3, 0.4) is 0 Å². The number of carbonyl (C=O) groups is 1. The molecule has 0 bridgehead atoms. The van der Waals surface area contributed by atoms with Gasteiger partial charge in [0.05, 0.1) is 6.04 Å². The molecule has 5 heteroatoms. The highest BCUT2D eigenvalue weighted by Crippen LogP contribution is 2.32. The van der Waals surface area contributed by atoms with E-state index in [2.05, 4.69) is 5.32 Å². The molecule has 3 aromatic rings. The third-order valence-electron chi connectivity index (χ3n) is 4.06. The van der Waals surface area contributed by atoms with E-state index >= 15 is 0 Å². The standard InChI is InChI=1S/C19H17NO4/c1-12(13-6-7-16-17(10-13)23-9-8-22-16)20-19(21)18-11-14-4-2-3-5-15(14)24-18/h2-7,10-12H,8-9H2,1H3,(H,20,21). The van der Waals surface area contributed by atoms with Crippen molar-refractivity contribution < 1.29 is 18.7 Å². The summed E-state index contributed by atoms with van der Waals surface area (Å²) in [6, 6.07) is 14.8. The second-order valence-corrected chi connectivity index (χ2v) is 5.75. The maximum atomic E-state index is 12.4. The first-order valence-corrected chi connectivity index (χ1v) is 7.90. The molecule has 4 rings (SSSR count). The summed E-state index contributed by atoms with van der Waals surface area (Å²) in [7, 11) is 0. The fraction of sp³-hybridized carbons (Fsp3) is 0.211. The minimum atomic E-state index is -0.242. The molecular formula is C19H17NO4. The van der Waals surface area contributed by atoms with Crippen molar-refractivity contribution in [1.29, 1.82) is 0 Å². The summed E-state index contributed by atoms with van der Waals surface area (Å²) in [6.07, 6.45) is 0. The molecule has 1 unspecified atom stereocenters. The van der Waals surface area contributed by atoms with Gasteiger partial charge in [0.15, 0.2) is 17.3 Å². The van der Waals surface area contributed by atoms with E-state index in [-0.39, 0.29) is 11.9 Å². The highest BCUT2D eigenvalue weighted by atomic mass is 16.6. The molecule has 1 N–H and O–H groups in total. The van der Waals surface area contributed by atoms with E-state index in [9.17, 15) is 4.79 Å². The van der Waals surface area contributed by atoms with Crippen molar-refractivity contribution in [2.75, 3.05) is 13.2 Å². The summed E-state index contributed by atoms with van der Waals surface area (Å²) in [6.45, 7) is 3.02. The number of fused-ring (bicyclic) bond motifs is 2. The summed E-state index contributed by atoms with van der Waals surface area (Å²) in [4.78, 5) is 12.4. The normalized spacial score (nSPS) is 14.4. The van der Waals surface area contributed by atoms with Gasteiger partial charge in [0, 0.05) is 5.39 Å². The highest BCUT2D eigenvalue weighted by molar-refractivity contribution is 5.96. The number of ether oxygens (including phenoxy) is 2. The van der Waals surface area contributed by atoms with Gasteiger partial charge in [-0.05, 0) is 36.8 Å². The Morgan fingerprint density at radius 1 is 1.04 bits per heavy atom. The zero-order chi connectivity index (χ0) is 16.5. The van der Waals surface area contributed by atoms with Crippen LogP contribution in [-0.2, 0) is 0 Å². The highest BCUT2D eigenvalue weighted by Gasteiger charge is 2.18. The topological polar surface area (TPSA) is 60.7 Å². The van der Waals surface area contributed by atoms with Crippen molar-refractivity contribution >= 4 is 16.9 Å². The third kappa shape index (κ3) is 2.69. The summed E-state index contributed by atoms with van der Waals surface area (Å²) in [5.41, 5.74) is 1.65. The fourth-order valence-corrected chi connectivity index (χ4v) is 2.77. The SMILES string of the molecule is CC(NC(=O)c1cc2ccccc2o1)c1ccc2c(c1)OCCO2. The first kappa shape index (κ1) is 14.6. The van der Waals surface area contributed by atoms with E-state index in [1.165, 1.54) is 0 Å². The summed E-state index contributed by atoms with van der Waals surface area (Å²) < 4.78 is 16.7. The number of furan rings is 1. The molecule has 1 aromatic heterocycles. The number of hydrogen-bond donors (Lipinski definition) is 1. The van der Waals surface area contributed by atoms with Crippen LogP contribution >= 0.6 is 0 Å². The van der Waals surface area contributed by atoms with Gasteiger partial charge in [-0.15, -0.1) is 0 Å². The number of nitrogens with one attached hydrogen (secondary N) is 1. The van der Waals surface area contributed by atoms with E-state index < -0.39 is 0 Å². The minimum Gasteiger partial charge on any atom is -0.486 e. The van der Waals surface area contributed by atoms with E-state index in [0.717, 1.165) is 16.7 Å². The van der Waals surface area contributed by atoms with Crippen molar-refractivity contribution in [1.82, 2.24) is 5.32 Å². The van der Waals surface area contributed by atoms with Crippen molar-refractivity contribution in [2.24, 2.45) is 0 Å². The largest absolute Gasteiger partial charge is 0.486 e. The minimum absolute atomic E-state index is 0.179. The van der Waals surface area contributed by atoms with Crippen LogP contribution < -0.4 is 14.8 Å². The van der Waals surface area contributed by atoms with Crippen molar-refractivity contribution in [3.05, 3.63) is 59.9 Å². The first-order chi connectivity index (χ1) is 11.7. The Morgan fingerprint density at radius 3 is 2.67 bits per heavy atom. The lowest BCUT2D eigenvalue weighted by Gasteiger charge is -2.20. The Bertz CT molecular complexity index is 866. The molecule has 2 heterocycles. The van der Waals surface area contributed by atoms with Crippen LogP contribution in [0.15, 0.2) is 52.9 Å². The monoisotopic (exact) mass is 323 g/mol. The molecule has 1 atom stereocenters. The van der Waals surface area contributed by atoms with Crippen LogP contribution in [-0.4, -0.2) is 19.1 Å². The van der Waals surface area contributed by atoms with Crippen LogP contribution in [0, 0.1) is 0 Å². The summed E-state index contributed by atoms with van der Waals surface area (Å²) >= 11 is 0. The zero-order valence-corrected chi connectivity index (χ0v) is 13.2. The van der Waals surface area contributed by atoms with Gasteiger partial charge >= 0.3 is 0 Å². The molecule has 0 fully saturated rings. The fourth-order valence-electron chi connectivity index (χ4n) is 2.77. The van der Waals surface area contributed by atoms with Crippen molar-refractivity contribution in [3.63, 3.8) is 0 Å². The number of para-hydroxylation sites is 1. The average Bonchev–Trinajstić information content (AvgIpc) is 3.05. The Hall–Kier alpha value is -2.95. The molecule has 2 aromatic carbocycles. The molecule has 1 amide bonds. The van der Waals surface area contributed by atoms with Crippen molar-refractivity contribution in [3.8, 4) is 11.5 Å². The van der Waals surface area contributed by atoms with E-state index in [0.29, 0.717) is 30.3 Å². The maximum Gasteiger partial charge on any atom is 0.287 e. The molecule has 5 nitrogen and oxygen atoms in total. The van der Waals surface area contributed by atoms with Crippen LogP contribution in [0.5, 0.6) is 11.5 Å². The van der Waals surface area contributed by atoms with Gasteiger partial charge < -0.3 is 19.2 Å². The second kappa shape index (κ2) is 5.92. The van der Waals surface area contributed by atoms with Gasteiger partial charge in [-0.3, -0.25) is 4.79 Å². The second-order valence-electron chi connectivity index (χ2n) is 5.75. The number of carbonyl (C=O) groups excluding carboxylic acids is 1. The van der Waals surface area contributed by atoms with E-state index in [1.807, 2.05) is 49.4 Å². The average molecular weight is 323 g/mol. The lowest BCUT2D eigenvalue weighted by atomic mass is 10.1. The molecule has 0 spiro atoms. The third-order valence-corrected chi connectivity index (χ3v) is 4.06. The Balaban J connectivity index is 1.52. The lowest BCUT2D eigenvalue weighted by molar-refractivity contribution is 0.0914. The quantitative estimate of drug-likeness (QED) is 0.798. The number of benzene rings is 2. The van der Waals surface area contributed by atoms with Crippen molar-refractivity contribution in [2.45, 2.75) is 13.0 Å². The molecule has 0 radical (unpaired) electrons. The lowest BCUT2D eigenvalue weighted by Crippen LogP contribution is -2.26. The molecule has 1 aliphatic heterocycles. The molecular weight excluding hydrogens is 306 g/mol. The van der Waals surface area contributed by atoms with Gasteiger partial charge in [-0.2, -0.15) is 0 Å². The molecule has 122 valence electrons. The summed E-state index contributed by atoms with van der Waals surface area (Å²) in [5.74, 6) is 1.51. The van der Waals surface area contributed by atoms with E-state index in [4.69, 9.17) is 13.9 Å². The molecule has 1 aliphatic rings. The van der Waals surface area contributed by atoms with Crippen LogP contribution in [0.4, 0.5) is 0 Å². The van der Waals surface area contributed by atoms with Gasteiger partial charge in [-0.25, -0.2) is 0 Å². The van der Waals surface area contributed by atoms with Gasteiger partial charge in [-0.1, -0.05) is 24.3 Å². The zero-order valence-electron chi connectivity index (χ0n) is 13.2. The van der Waals surface area contributed by atoms with Crippen LogP contribution in [0.2, 0.25) is 0 Å².